The highest BCUT2D eigenvalue weighted by Crippen LogP contribution is 2.18. The minimum Gasteiger partial charge on any atom is -0.438 e. The Balaban J connectivity index is 2.44. The van der Waals surface area contributed by atoms with Gasteiger partial charge in [0.2, 0.25) is 5.88 Å². The van der Waals surface area contributed by atoms with Crippen LogP contribution in [-0.2, 0) is 0 Å². The smallest absolute Gasteiger partial charge is 0.237 e. The Morgan fingerprint density at radius 1 is 1.08 bits per heavy atom. The van der Waals surface area contributed by atoms with Crippen molar-refractivity contribution < 1.29 is 4.74 Å². The van der Waals surface area contributed by atoms with E-state index in [4.69, 9.17) is 4.74 Å². The first-order valence-electron chi connectivity index (χ1n) is 7.71. The predicted molar refractivity (Wildman–Crippen MR) is 102 cm³/mol. The van der Waals surface area contributed by atoms with Crippen LogP contribution in [0.3, 0.4) is 0 Å². The second-order valence-corrected chi connectivity index (χ2v) is 4.82. The molecule has 0 aliphatic heterocycles. The molecule has 25 heavy (non-hydrogen) atoms. The molecule has 0 atom stereocenters. The molecular formula is C20H20N4O. The third-order valence-corrected chi connectivity index (χ3v) is 3.09. The van der Waals surface area contributed by atoms with Gasteiger partial charge < -0.3 is 4.74 Å². The molecule has 0 amide bonds. The van der Waals surface area contributed by atoms with Crippen LogP contribution >= 0.6 is 0 Å². The number of hydrogen-bond acceptors (Lipinski definition) is 4. The number of fused-ring (bicyclic) bond motifs is 1. The van der Waals surface area contributed by atoms with Crippen LogP contribution in [0.4, 0.5) is 0 Å². The molecule has 2 rings (SSSR count). The van der Waals surface area contributed by atoms with Crippen molar-refractivity contribution in [1.82, 2.24) is 19.8 Å². The summed E-state index contributed by atoms with van der Waals surface area (Å²) in [5.74, 6) is 1.58. The van der Waals surface area contributed by atoms with E-state index in [-0.39, 0.29) is 0 Å². The first kappa shape index (κ1) is 17.9. The van der Waals surface area contributed by atoms with Gasteiger partial charge in [0.15, 0.2) is 11.5 Å². The van der Waals surface area contributed by atoms with Crippen LogP contribution in [0.25, 0.3) is 11.2 Å². The Labute approximate surface area is 147 Å². The van der Waals surface area contributed by atoms with E-state index in [1.54, 1.807) is 53.1 Å². The topological polar surface area (TPSA) is 52.3 Å². The Morgan fingerprint density at radius 3 is 2.60 bits per heavy atom. The lowest BCUT2D eigenvalue weighted by molar-refractivity contribution is 0.417. The lowest BCUT2D eigenvalue weighted by Gasteiger charge is -2.06. The van der Waals surface area contributed by atoms with E-state index >= 15 is 0 Å². The summed E-state index contributed by atoms with van der Waals surface area (Å²) in [7, 11) is 0. The van der Waals surface area contributed by atoms with E-state index in [0.717, 1.165) is 5.57 Å². The van der Waals surface area contributed by atoms with Gasteiger partial charge in [0, 0.05) is 11.6 Å². The molecule has 5 heteroatoms. The van der Waals surface area contributed by atoms with Crippen LogP contribution in [0, 0.1) is 0 Å². The van der Waals surface area contributed by atoms with Crippen molar-refractivity contribution in [3.8, 4) is 5.88 Å². The number of aromatic nitrogens is 4. The Hall–Kier alpha value is -3.47. The zero-order chi connectivity index (χ0) is 18.1. The van der Waals surface area contributed by atoms with Crippen molar-refractivity contribution in [1.29, 1.82) is 0 Å². The van der Waals surface area contributed by atoms with Crippen molar-refractivity contribution in [3.05, 3.63) is 98.1 Å². The second-order valence-electron chi connectivity index (χ2n) is 4.82. The molecule has 0 saturated carbocycles. The van der Waals surface area contributed by atoms with E-state index < -0.39 is 0 Å². The van der Waals surface area contributed by atoms with Gasteiger partial charge >= 0.3 is 0 Å². The Bertz CT molecular complexity index is 898. The minimum absolute atomic E-state index is 0.407. The number of ether oxygens (including phenoxy) is 1. The van der Waals surface area contributed by atoms with Crippen molar-refractivity contribution in [2.75, 3.05) is 0 Å². The first-order valence-corrected chi connectivity index (χ1v) is 7.71. The van der Waals surface area contributed by atoms with Crippen LogP contribution < -0.4 is 4.74 Å². The maximum Gasteiger partial charge on any atom is 0.237 e. The van der Waals surface area contributed by atoms with Gasteiger partial charge in [0.1, 0.15) is 5.76 Å². The third-order valence-electron chi connectivity index (χ3n) is 3.09. The largest absolute Gasteiger partial charge is 0.438 e. The highest BCUT2D eigenvalue weighted by Gasteiger charge is 2.11. The van der Waals surface area contributed by atoms with Gasteiger partial charge in [-0.25, -0.2) is 0 Å². The second kappa shape index (κ2) is 8.98. The quantitative estimate of drug-likeness (QED) is 0.529. The summed E-state index contributed by atoms with van der Waals surface area (Å²) in [6.07, 6.45) is 16.0. The zero-order valence-electron chi connectivity index (χ0n) is 14.2. The highest BCUT2D eigenvalue weighted by atomic mass is 16.5. The lowest BCUT2D eigenvalue weighted by Crippen LogP contribution is -2.01. The van der Waals surface area contributed by atoms with E-state index in [9.17, 15) is 0 Å². The van der Waals surface area contributed by atoms with E-state index in [1.807, 2.05) is 25.2 Å². The fraction of sp³-hybridized carbons (Fsp3) is 0.0500. The maximum absolute atomic E-state index is 5.79. The molecule has 2 aromatic heterocycles. The molecule has 126 valence electrons. The van der Waals surface area contributed by atoms with Crippen molar-refractivity contribution in [3.63, 3.8) is 0 Å². The third kappa shape index (κ3) is 4.51. The van der Waals surface area contributed by atoms with Crippen LogP contribution in [-0.4, -0.2) is 19.8 Å². The summed E-state index contributed by atoms with van der Waals surface area (Å²) in [5, 5.41) is 12.8. The molecule has 0 aliphatic carbocycles. The summed E-state index contributed by atoms with van der Waals surface area (Å²) >= 11 is 0. The molecule has 0 fully saturated rings. The van der Waals surface area contributed by atoms with Gasteiger partial charge in [-0.05, 0) is 25.1 Å². The fourth-order valence-corrected chi connectivity index (χ4v) is 1.96. The zero-order valence-corrected chi connectivity index (χ0v) is 14.2. The SMILES string of the molecule is C=C/C=C\C(=C/C=C)Oc1ccc2nnc(/C(C=C)=C/C=C\C)n2n1. The fourth-order valence-electron chi connectivity index (χ4n) is 1.96. The van der Waals surface area contributed by atoms with Crippen LogP contribution in [0.2, 0.25) is 0 Å². The van der Waals surface area contributed by atoms with Crippen molar-refractivity contribution in [2.45, 2.75) is 6.92 Å². The van der Waals surface area contributed by atoms with Gasteiger partial charge in [-0.3, -0.25) is 0 Å². The standard InChI is InChI=1S/C20H20N4O/c1-5-9-12-16(8-4)20-22-21-18-14-15-19(23-24(18)20)25-17(11-7-3)13-10-6-2/h5-15H,2-4H2,1H3/b9-5-,13-10-,16-12+,17-11+. The monoisotopic (exact) mass is 332 g/mol. The van der Waals surface area contributed by atoms with Gasteiger partial charge in [0.25, 0.3) is 0 Å². The molecular weight excluding hydrogens is 312 g/mol. The van der Waals surface area contributed by atoms with E-state index in [1.165, 1.54) is 0 Å². The van der Waals surface area contributed by atoms with E-state index in [0.29, 0.717) is 23.1 Å². The summed E-state index contributed by atoms with van der Waals surface area (Å²) < 4.78 is 7.41. The van der Waals surface area contributed by atoms with Gasteiger partial charge in [-0.2, -0.15) is 4.52 Å². The molecule has 2 aromatic rings. The molecule has 5 nitrogen and oxygen atoms in total. The van der Waals surface area contributed by atoms with Crippen LogP contribution in [0.5, 0.6) is 5.88 Å². The lowest BCUT2D eigenvalue weighted by atomic mass is 10.2. The molecule has 0 saturated heterocycles. The first-order chi connectivity index (χ1) is 12.2. The van der Waals surface area contributed by atoms with Gasteiger partial charge in [-0.15, -0.1) is 15.3 Å². The molecule has 0 radical (unpaired) electrons. The van der Waals surface area contributed by atoms with Crippen LogP contribution in [0.1, 0.15) is 12.7 Å². The summed E-state index contributed by atoms with van der Waals surface area (Å²) in [6.45, 7) is 13.1. The molecule has 0 unspecified atom stereocenters. The molecule has 0 N–H and O–H groups in total. The number of hydrogen-bond donors (Lipinski definition) is 0. The Kier molecular flexibility index (Phi) is 6.42. The average Bonchev–Trinajstić information content (AvgIpc) is 3.04. The summed E-state index contributed by atoms with van der Waals surface area (Å²) in [4.78, 5) is 0. The molecule has 2 heterocycles. The maximum atomic E-state index is 5.79. The molecule has 0 aliphatic rings. The number of allylic oxidation sites excluding steroid dienone is 10. The van der Waals surface area contributed by atoms with Crippen molar-refractivity contribution >= 4 is 11.2 Å². The van der Waals surface area contributed by atoms with E-state index in [2.05, 4.69) is 35.0 Å². The number of rotatable bonds is 8. The number of nitrogens with zero attached hydrogens (tertiary/aromatic N) is 4. The molecule has 0 spiro atoms. The molecule has 0 aromatic carbocycles. The van der Waals surface area contributed by atoms with Crippen molar-refractivity contribution in [2.24, 2.45) is 0 Å². The average molecular weight is 332 g/mol. The minimum atomic E-state index is 0.407. The normalized spacial score (nSPS) is 12.8. The van der Waals surface area contributed by atoms with Gasteiger partial charge in [-0.1, -0.05) is 62.3 Å². The summed E-state index contributed by atoms with van der Waals surface area (Å²) in [6, 6.07) is 3.52. The van der Waals surface area contributed by atoms with Gasteiger partial charge in [0.05, 0.1) is 0 Å². The highest BCUT2D eigenvalue weighted by molar-refractivity contribution is 5.71. The molecule has 0 bridgehead atoms. The predicted octanol–water partition coefficient (Wildman–Crippen LogP) is 4.46. The summed E-state index contributed by atoms with van der Waals surface area (Å²) in [5.41, 5.74) is 1.43. The Morgan fingerprint density at radius 2 is 1.92 bits per heavy atom. The van der Waals surface area contributed by atoms with Crippen LogP contribution in [0.15, 0.2) is 92.3 Å².